The van der Waals surface area contributed by atoms with Crippen LogP contribution in [0.1, 0.15) is 0 Å². The number of halogens is 1. The molecule has 0 unspecified atom stereocenters. The van der Waals surface area contributed by atoms with Crippen molar-refractivity contribution in [1.82, 2.24) is 37.0 Å². The second kappa shape index (κ2) is 9.45. The van der Waals surface area contributed by atoms with E-state index in [2.05, 4.69) is 26.8 Å². The predicted molar refractivity (Wildman–Crippen MR) is 171 cm³/mol. The van der Waals surface area contributed by atoms with E-state index in [4.69, 9.17) is 38.5 Å². The molecule has 2 aliphatic rings. The average molecular weight is 678 g/mol. The van der Waals surface area contributed by atoms with E-state index in [1.807, 2.05) is 84.4 Å². The van der Waals surface area contributed by atoms with Crippen LogP contribution in [0.5, 0.6) is 0 Å². The zero-order chi connectivity index (χ0) is 28.7. The zero-order valence-electron chi connectivity index (χ0n) is 22.8. The Morgan fingerprint density at radius 1 is 0.442 bits per heavy atom. The van der Waals surface area contributed by atoms with Gasteiger partial charge in [-0.3, -0.25) is 0 Å². The molecule has 0 atom stereocenters. The fourth-order valence-corrected chi connectivity index (χ4v) is 8.98. The minimum absolute atomic E-state index is 0.605. The van der Waals surface area contributed by atoms with Crippen LogP contribution in [-0.4, -0.2) is 59.0 Å². The van der Waals surface area contributed by atoms with Crippen molar-refractivity contribution in [3.8, 4) is 45.6 Å². The van der Waals surface area contributed by atoms with E-state index in [-0.39, 0.29) is 0 Å². The summed E-state index contributed by atoms with van der Waals surface area (Å²) in [6, 6.07) is 32.6. The summed E-state index contributed by atoms with van der Waals surface area (Å²) >= 11 is -1.85. The topological polar surface area (TPSA) is 87.2 Å². The first-order chi connectivity index (χ1) is 21.2. The zero-order valence-corrected chi connectivity index (χ0v) is 26.8. The number of nitrogens with zero attached hydrogens (tertiary/aromatic N) is 8. The molecule has 5 heterocycles. The van der Waals surface area contributed by atoms with Gasteiger partial charge in [-0.05, 0) is 0 Å². The van der Waals surface area contributed by atoms with Gasteiger partial charge in [0.25, 0.3) is 0 Å². The second-order valence-electron chi connectivity index (χ2n) is 10.5. The Hall–Kier alpha value is -4.60. The normalized spacial score (nSPS) is 12.0. The number of rotatable bonds is 1. The van der Waals surface area contributed by atoms with Crippen molar-refractivity contribution < 1.29 is 0 Å². The molecule has 4 aromatic carbocycles. The first kappa shape index (κ1) is 24.9. The van der Waals surface area contributed by atoms with Crippen LogP contribution in [0.25, 0.3) is 89.7 Å². The molecule has 43 heavy (non-hydrogen) atoms. The van der Waals surface area contributed by atoms with Crippen LogP contribution in [0.2, 0.25) is 0 Å². The molecule has 9 rings (SSSR count). The fourth-order valence-electron chi connectivity index (χ4n) is 6.09. The number of fused-ring (bicyclic) bond motifs is 20. The molecule has 0 spiro atoms. The van der Waals surface area contributed by atoms with Crippen molar-refractivity contribution in [1.29, 1.82) is 0 Å². The number of hydrogen-bond donors (Lipinski definition) is 0. The molecule has 3 aromatic heterocycles. The summed E-state index contributed by atoms with van der Waals surface area (Å²) in [5.41, 5.74) is 6.79. The summed E-state index contributed by atoms with van der Waals surface area (Å²) in [4.78, 5) is 30.8. The number of benzene rings is 4. The van der Waals surface area contributed by atoms with Gasteiger partial charge in [-0.2, -0.15) is 0 Å². The Labute approximate surface area is 260 Å². The van der Waals surface area contributed by atoms with Crippen molar-refractivity contribution in [3.05, 3.63) is 97.1 Å². The van der Waals surface area contributed by atoms with Crippen LogP contribution in [-0.2, 0) is 7.05 Å². The molecule has 0 saturated carbocycles. The SMILES string of the molecule is Cn1c2nc3nc(nc4c5ccccc5c(nc5nc(nc1c1ccccc12)-c1ccccc1-5)[n]4[In][Cl])-c1ccccc1-3. The van der Waals surface area contributed by atoms with E-state index in [0.29, 0.717) is 23.3 Å². The molecule has 8 nitrogen and oxygen atoms in total. The first-order valence-corrected chi connectivity index (χ1v) is 19.5. The Balaban J connectivity index is 1.56. The molecule has 0 amide bonds. The van der Waals surface area contributed by atoms with Crippen molar-refractivity contribution in [2.75, 3.05) is 0 Å². The maximum atomic E-state index is 6.83. The van der Waals surface area contributed by atoms with Crippen molar-refractivity contribution >= 4 is 74.7 Å². The standard InChI is InChI=1S/C33H19N8.ClH.In/c1-41-32-24-16-8-9-17-25(24)33(41)40-31-23-15-7-5-13-21(23)29(38-31)36-27-19-11-3-2-10-18(19)26(34-27)35-28-20-12-4-6-14-22(20)30(37-28)39-32;;/h2-17H,1H3;1H;/q-1;;+2/p-1. The van der Waals surface area contributed by atoms with Gasteiger partial charge in [0.15, 0.2) is 0 Å². The van der Waals surface area contributed by atoms with Crippen molar-refractivity contribution in [2.45, 2.75) is 0 Å². The molecule has 201 valence electrons. The number of aromatic nitrogens is 8. The van der Waals surface area contributed by atoms with Gasteiger partial charge in [0, 0.05) is 0 Å². The van der Waals surface area contributed by atoms with Crippen LogP contribution in [0.15, 0.2) is 97.1 Å². The molecule has 0 aliphatic carbocycles. The minimum atomic E-state index is -1.85. The van der Waals surface area contributed by atoms with E-state index in [0.717, 1.165) is 66.4 Å². The van der Waals surface area contributed by atoms with Crippen LogP contribution < -0.4 is 0 Å². The fraction of sp³-hybridized carbons (Fsp3) is 0.0303. The Morgan fingerprint density at radius 3 is 1.09 bits per heavy atom. The molecule has 1 radical (unpaired) electrons. The summed E-state index contributed by atoms with van der Waals surface area (Å²) in [5, 5.41) is 3.92. The molecular weight excluding hydrogens is 659 g/mol. The molecule has 0 N–H and O–H groups in total. The summed E-state index contributed by atoms with van der Waals surface area (Å²) < 4.78 is 4.12. The van der Waals surface area contributed by atoms with E-state index < -0.39 is 22.0 Å². The van der Waals surface area contributed by atoms with Gasteiger partial charge >= 0.3 is 261 Å². The number of aryl methyl sites for hydroxylation is 1. The maximum absolute atomic E-state index is 6.83. The van der Waals surface area contributed by atoms with Crippen molar-refractivity contribution in [2.24, 2.45) is 7.05 Å². The molecule has 10 heteroatoms. The summed E-state index contributed by atoms with van der Waals surface area (Å²) in [6.45, 7) is 0. The third-order valence-electron chi connectivity index (χ3n) is 8.10. The first-order valence-electron chi connectivity index (χ1n) is 13.8. The van der Waals surface area contributed by atoms with E-state index in [9.17, 15) is 0 Å². The van der Waals surface area contributed by atoms with E-state index in [1.54, 1.807) is 0 Å². The van der Waals surface area contributed by atoms with Gasteiger partial charge in [0.1, 0.15) is 0 Å². The predicted octanol–water partition coefficient (Wildman–Crippen LogP) is 6.97. The molecule has 7 aromatic rings. The third-order valence-corrected chi connectivity index (χ3v) is 11.4. The molecule has 2 aliphatic heterocycles. The molecule has 0 fully saturated rings. The average Bonchev–Trinajstić information content (AvgIpc) is 3.74. The van der Waals surface area contributed by atoms with Gasteiger partial charge in [-0.15, -0.1) is 0 Å². The summed E-state index contributed by atoms with van der Waals surface area (Å²) in [5.74, 6) is 2.43. The summed E-state index contributed by atoms with van der Waals surface area (Å²) in [6.07, 6.45) is 0. The molecular formula is C33H19ClInN8. The van der Waals surface area contributed by atoms with Gasteiger partial charge < -0.3 is 0 Å². The van der Waals surface area contributed by atoms with E-state index >= 15 is 0 Å². The van der Waals surface area contributed by atoms with E-state index in [1.165, 1.54) is 0 Å². The van der Waals surface area contributed by atoms with Gasteiger partial charge in [-0.1, -0.05) is 0 Å². The van der Waals surface area contributed by atoms with Crippen LogP contribution in [0, 0.1) is 0 Å². The monoisotopic (exact) mass is 677 g/mol. The van der Waals surface area contributed by atoms with Gasteiger partial charge in [0.05, 0.1) is 0 Å². The van der Waals surface area contributed by atoms with Crippen molar-refractivity contribution in [3.63, 3.8) is 0 Å². The third kappa shape index (κ3) is 3.64. The quantitative estimate of drug-likeness (QED) is 0.187. The van der Waals surface area contributed by atoms with Crippen LogP contribution in [0.4, 0.5) is 0 Å². The molecule has 0 saturated heterocycles. The molecule has 8 bridgehead atoms. The summed E-state index contributed by atoms with van der Waals surface area (Å²) in [7, 11) is 8.82. The van der Waals surface area contributed by atoms with Crippen LogP contribution >= 0.6 is 8.58 Å². The Morgan fingerprint density at radius 2 is 0.744 bits per heavy atom. The number of hydrogen-bond acceptors (Lipinski definition) is 6. The van der Waals surface area contributed by atoms with Crippen LogP contribution in [0.3, 0.4) is 0 Å². The van der Waals surface area contributed by atoms with Gasteiger partial charge in [0.2, 0.25) is 0 Å². The Kier molecular flexibility index (Phi) is 5.48. The second-order valence-corrected chi connectivity index (χ2v) is 13.8. The Bertz CT molecular complexity index is 2320. The van der Waals surface area contributed by atoms with Gasteiger partial charge in [-0.25, -0.2) is 0 Å².